The van der Waals surface area contributed by atoms with Crippen LogP contribution in [0.4, 0.5) is 4.39 Å². The van der Waals surface area contributed by atoms with E-state index in [1.54, 1.807) is 18.2 Å². The fraction of sp³-hybridized carbons (Fsp3) is 0.100. The van der Waals surface area contributed by atoms with Crippen molar-refractivity contribution in [2.24, 2.45) is 0 Å². The summed E-state index contributed by atoms with van der Waals surface area (Å²) >= 11 is 2.70. The lowest BCUT2D eigenvalue weighted by Gasteiger charge is -1.91. The average Bonchev–Trinajstić information content (AvgIpc) is 2.55. The Morgan fingerprint density at radius 2 is 2.29 bits per heavy atom. The largest absolute Gasteiger partial charge is 0.298 e. The first kappa shape index (κ1) is 9.68. The summed E-state index contributed by atoms with van der Waals surface area (Å²) in [6, 6.07) is 5.11. The van der Waals surface area contributed by atoms with Gasteiger partial charge in [0.05, 0.1) is 4.21 Å². The maximum atomic E-state index is 13.6. The maximum absolute atomic E-state index is 13.6. The van der Waals surface area contributed by atoms with Crippen molar-refractivity contribution in [2.75, 3.05) is 6.26 Å². The minimum Gasteiger partial charge on any atom is -0.298 e. The van der Waals surface area contributed by atoms with Crippen molar-refractivity contribution >= 4 is 39.5 Å². The molecule has 1 heterocycles. The molecule has 0 fully saturated rings. The smallest absolute Gasteiger partial charge is 0.155 e. The van der Waals surface area contributed by atoms with E-state index in [4.69, 9.17) is 0 Å². The molecule has 0 bridgehead atoms. The van der Waals surface area contributed by atoms with E-state index in [0.29, 0.717) is 15.2 Å². The zero-order valence-corrected chi connectivity index (χ0v) is 9.05. The molecule has 0 N–H and O–H groups in total. The Bertz CT molecular complexity index is 490. The monoisotopic (exact) mass is 226 g/mol. The molecule has 0 aliphatic heterocycles. The van der Waals surface area contributed by atoms with E-state index in [0.717, 1.165) is 11.0 Å². The molecule has 2 aromatic rings. The molecule has 0 saturated carbocycles. The van der Waals surface area contributed by atoms with Crippen molar-refractivity contribution in [3.05, 3.63) is 29.6 Å². The van der Waals surface area contributed by atoms with Crippen LogP contribution in [0.15, 0.2) is 22.4 Å². The van der Waals surface area contributed by atoms with Gasteiger partial charge in [0, 0.05) is 15.6 Å². The average molecular weight is 226 g/mol. The third-order valence-electron chi connectivity index (χ3n) is 1.97. The van der Waals surface area contributed by atoms with Crippen LogP contribution < -0.4 is 0 Å². The van der Waals surface area contributed by atoms with Crippen LogP contribution in [-0.2, 0) is 0 Å². The quantitative estimate of drug-likeness (QED) is 0.575. The van der Waals surface area contributed by atoms with Crippen LogP contribution in [0.25, 0.3) is 10.1 Å². The van der Waals surface area contributed by atoms with Gasteiger partial charge in [0.1, 0.15) is 0 Å². The molecular formula is C10H7FOS2. The Kier molecular flexibility index (Phi) is 2.56. The van der Waals surface area contributed by atoms with Gasteiger partial charge in [-0.15, -0.1) is 23.1 Å². The number of fused-ring (bicyclic) bond motifs is 1. The number of halogens is 1. The third kappa shape index (κ3) is 1.35. The molecule has 1 nitrogen and oxygen atoms in total. The van der Waals surface area contributed by atoms with Gasteiger partial charge in [-0.25, -0.2) is 4.39 Å². The summed E-state index contributed by atoms with van der Waals surface area (Å²) in [6.07, 6.45) is 2.59. The Labute approximate surface area is 88.9 Å². The van der Waals surface area contributed by atoms with Gasteiger partial charge in [-0.05, 0) is 6.26 Å². The highest BCUT2D eigenvalue weighted by Gasteiger charge is 2.12. The fourth-order valence-corrected chi connectivity index (χ4v) is 3.07. The first-order valence-electron chi connectivity index (χ1n) is 3.98. The molecule has 0 spiro atoms. The molecule has 2 rings (SSSR count). The van der Waals surface area contributed by atoms with Crippen LogP contribution >= 0.6 is 23.1 Å². The van der Waals surface area contributed by atoms with Gasteiger partial charge in [0.2, 0.25) is 0 Å². The summed E-state index contributed by atoms with van der Waals surface area (Å²) in [6.45, 7) is 0. The van der Waals surface area contributed by atoms with Crippen molar-refractivity contribution < 1.29 is 9.18 Å². The SMILES string of the molecule is CSc1sc2c(C=O)cccc2c1F. The summed E-state index contributed by atoms with van der Waals surface area (Å²) in [5.41, 5.74) is 0.562. The molecular weight excluding hydrogens is 219 g/mol. The number of thioether (sulfide) groups is 1. The Morgan fingerprint density at radius 3 is 2.93 bits per heavy atom. The highest BCUT2D eigenvalue weighted by atomic mass is 32.2. The summed E-state index contributed by atoms with van der Waals surface area (Å²) in [7, 11) is 0. The van der Waals surface area contributed by atoms with Crippen LogP contribution in [0.5, 0.6) is 0 Å². The van der Waals surface area contributed by atoms with Crippen LogP contribution in [0, 0.1) is 5.82 Å². The molecule has 14 heavy (non-hydrogen) atoms. The van der Waals surface area contributed by atoms with Crippen molar-refractivity contribution in [3.63, 3.8) is 0 Å². The highest BCUT2D eigenvalue weighted by molar-refractivity contribution is 8.00. The second kappa shape index (κ2) is 3.71. The van der Waals surface area contributed by atoms with Gasteiger partial charge >= 0.3 is 0 Å². The van der Waals surface area contributed by atoms with E-state index >= 15 is 0 Å². The molecule has 0 saturated heterocycles. The molecule has 0 radical (unpaired) electrons. The molecule has 1 aromatic carbocycles. The predicted molar refractivity (Wildman–Crippen MR) is 59.0 cm³/mol. The fourth-order valence-electron chi connectivity index (χ4n) is 1.31. The molecule has 72 valence electrons. The molecule has 0 unspecified atom stereocenters. The lowest BCUT2D eigenvalue weighted by molar-refractivity contribution is 0.112. The second-order valence-corrected chi connectivity index (χ2v) is 4.84. The van der Waals surface area contributed by atoms with E-state index in [1.807, 2.05) is 6.26 Å². The maximum Gasteiger partial charge on any atom is 0.155 e. The van der Waals surface area contributed by atoms with Gasteiger partial charge in [-0.3, -0.25) is 4.79 Å². The van der Waals surface area contributed by atoms with Gasteiger partial charge in [0.25, 0.3) is 0 Å². The van der Waals surface area contributed by atoms with Crippen LogP contribution in [0.1, 0.15) is 10.4 Å². The number of carbonyl (C=O) groups excluding carboxylic acids is 1. The summed E-state index contributed by atoms with van der Waals surface area (Å²) in [5, 5.41) is 0.545. The molecule has 0 amide bonds. The number of rotatable bonds is 2. The van der Waals surface area contributed by atoms with Gasteiger partial charge in [-0.1, -0.05) is 18.2 Å². The van der Waals surface area contributed by atoms with Crippen molar-refractivity contribution in [2.45, 2.75) is 4.21 Å². The van der Waals surface area contributed by atoms with E-state index in [2.05, 4.69) is 0 Å². The number of carbonyl (C=O) groups is 1. The molecule has 0 atom stereocenters. The first-order chi connectivity index (χ1) is 6.77. The molecule has 0 aliphatic rings. The minimum atomic E-state index is -0.207. The van der Waals surface area contributed by atoms with Crippen molar-refractivity contribution in [1.29, 1.82) is 0 Å². The zero-order chi connectivity index (χ0) is 10.1. The van der Waals surface area contributed by atoms with E-state index in [1.165, 1.54) is 23.1 Å². The Morgan fingerprint density at radius 1 is 1.50 bits per heavy atom. The van der Waals surface area contributed by atoms with Crippen LogP contribution in [-0.4, -0.2) is 12.5 Å². The van der Waals surface area contributed by atoms with Crippen molar-refractivity contribution in [3.8, 4) is 0 Å². The van der Waals surface area contributed by atoms with Crippen molar-refractivity contribution in [1.82, 2.24) is 0 Å². The normalized spacial score (nSPS) is 10.7. The zero-order valence-electron chi connectivity index (χ0n) is 7.41. The Balaban J connectivity index is 2.83. The van der Waals surface area contributed by atoms with Crippen LogP contribution in [0.2, 0.25) is 0 Å². The van der Waals surface area contributed by atoms with Gasteiger partial charge < -0.3 is 0 Å². The van der Waals surface area contributed by atoms with E-state index < -0.39 is 0 Å². The summed E-state index contributed by atoms with van der Waals surface area (Å²) in [4.78, 5) is 10.7. The second-order valence-electron chi connectivity index (χ2n) is 2.75. The Hall–Kier alpha value is -0.870. The van der Waals surface area contributed by atoms with Gasteiger partial charge in [-0.2, -0.15) is 0 Å². The minimum absolute atomic E-state index is 0.207. The first-order valence-corrected chi connectivity index (χ1v) is 6.02. The van der Waals surface area contributed by atoms with E-state index in [9.17, 15) is 9.18 Å². The molecule has 0 aliphatic carbocycles. The molecule has 1 aromatic heterocycles. The standard InChI is InChI=1S/C10H7FOS2/c1-13-10-8(11)7-4-2-3-6(5-12)9(7)14-10/h2-5H,1H3. The number of benzene rings is 1. The molecule has 4 heteroatoms. The topological polar surface area (TPSA) is 17.1 Å². The number of aldehydes is 1. The number of hydrogen-bond acceptors (Lipinski definition) is 3. The van der Waals surface area contributed by atoms with Gasteiger partial charge in [0.15, 0.2) is 12.1 Å². The summed E-state index contributed by atoms with van der Waals surface area (Å²) in [5.74, 6) is -0.207. The lowest BCUT2D eigenvalue weighted by atomic mass is 10.2. The lowest BCUT2D eigenvalue weighted by Crippen LogP contribution is -1.78. The predicted octanol–water partition coefficient (Wildman–Crippen LogP) is 3.57. The number of hydrogen-bond donors (Lipinski definition) is 0. The highest BCUT2D eigenvalue weighted by Crippen LogP contribution is 2.36. The third-order valence-corrected chi connectivity index (χ3v) is 4.29. The van der Waals surface area contributed by atoms with E-state index in [-0.39, 0.29) is 5.82 Å². The summed E-state index contributed by atoms with van der Waals surface area (Å²) < 4.78 is 15.0. The van der Waals surface area contributed by atoms with Crippen LogP contribution in [0.3, 0.4) is 0 Å². The number of thiophene rings is 1.